The highest BCUT2D eigenvalue weighted by Crippen LogP contribution is 2.31. The summed E-state index contributed by atoms with van der Waals surface area (Å²) in [4.78, 5) is 4.75. The van der Waals surface area contributed by atoms with E-state index in [1.807, 2.05) is 0 Å². The van der Waals surface area contributed by atoms with Crippen LogP contribution < -0.4 is 5.32 Å². The van der Waals surface area contributed by atoms with Gasteiger partial charge in [-0.15, -0.1) is 12.4 Å². The molecule has 1 aliphatic heterocycles. The Morgan fingerprint density at radius 3 is 2.72 bits per heavy atom. The van der Waals surface area contributed by atoms with Crippen LogP contribution in [0.3, 0.4) is 0 Å². The third-order valence-corrected chi connectivity index (χ3v) is 3.84. The summed E-state index contributed by atoms with van der Waals surface area (Å²) in [6, 6.07) is 6.61. The number of benzene rings is 1. The van der Waals surface area contributed by atoms with Crippen molar-refractivity contribution in [3.63, 3.8) is 0 Å². The molecule has 98 valence electrons. The zero-order valence-electron chi connectivity index (χ0n) is 11.1. The highest BCUT2D eigenvalue weighted by atomic mass is 35.5. The van der Waals surface area contributed by atoms with E-state index in [-0.39, 0.29) is 17.9 Å². The molecule has 0 saturated carbocycles. The summed E-state index contributed by atoms with van der Waals surface area (Å²) in [5.74, 6) is 1.16. The van der Waals surface area contributed by atoms with E-state index in [1.165, 1.54) is 36.1 Å². The molecule has 0 radical (unpaired) electrons. The molecule has 0 spiro atoms. The molecule has 0 unspecified atom stereocenters. The summed E-state index contributed by atoms with van der Waals surface area (Å²) >= 11 is 0. The smallest absolute Gasteiger partial charge is 0.101 e. The molecule has 1 N–H and O–H groups in total. The van der Waals surface area contributed by atoms with Gasteiger partial charge in [0, 0.05) is 12.1 Å². The summed E-state index contributed by atoms with van der Waals surface area (Å²) in [5.41, 5.74) is 4.45. The molecule has 2 aliphatic rings. The monoisotopic (exact) mass is 264 g/mol. The molecule has 0 aromatic heterocycles. The predicted molar refractivity (Wildman–Crippen MR) is 80.1 cm³/mol. The van der Waals surface area contributed by atoms with Gasteiger partial charge in [0.25, 0.3) is 0 Å². The lowest BCUT2D eigenvalue weighted by Gasteiger charge is -2.12. The summed E-state index contributed by atoms with van der Waals surface area (Å²) in [7, 11) is 0. The van der Waals surface area contributed by atoms with Gasteiger partial charge in [-0.3, -0.25) is 4.99 Å². The average Bonchev–Trinajstić information content (AvgIpc) is 2.85. The van der Waals surface area contributed by atoms with Gasteiger partial charge in [-0.25, -0.2) is 0 Å². The van der Waals surface area contributed by atoms with Gasteiger partial charge in [0.1, 0.15) is 5.84 Å². The number of nitrogens with one attached hydrogen (secondary N) is 1. The maximum atomic E-state index is 4.75. The van der Waals surface area contributed by atoms with Crippen molar-refractivity contribution in [1.29, 1.82) is 0 Å². The third kappa shape index (κ3) is 2.54. The molecule has 18 heavy (non-hydrogen) atoms. The van der Waals surface area contributed by atoms with Gasteiger partial charge in [0.2, 0.25) is 0 Å². The first kappa shape index (κ1) is 13.4. The maximum absolute atomic E-state index is 4.75. The second kappa shape index (κ2) is 4.93. The Morgan fingerprint density at radius 1 is 1.17 bits per heavy atom. The van der Waals surface area contributed by atoms with Crippen molar-refractivity contribution in [2.75, 3.05) is 5.32 Å². The minimum atomic E-state index is 0. The Hall–Kier alpha value is -1.02. The Balaban J connectivity index is 0.00000120. The highest BCUT2D eigenvalue weighted by molar-refractivity contribution is 5.97. The van der Waals surface area contributed by atoms with E-state index in [1.54, 1.807) is 0 Å². The number of aryl methyl sites for hydroxylation is 1. The molecule has 0 amide bonds. The van der Waals surface area contributed by atoms with E-state index in [0.29, 0.717) is 0 Å². The molecule has 2 nitrogen and oxygen atoms in total. The maximum Gasteiger partial charge on any atom is 0.101 e. The fraction of sp³-hybridized carbons (Fsp3) is 0.533. The largest absolute Gasteiger partial charge is 0.344 e. The van der Waals surface area contributed by atoms with Crippen molar-refractivity contribution >= 4 is 23.9 Å². The Bertz CT molecular complexity index is 477. The minimum Gasteiger partial charge on any atom is -0.344 e. The number of hydrogen-bond acceptors (Lipinski definition) is 2. The van der Waals surface area contributed by atoms with Crippen LogP contribution in [0.4, 0.5) is 5.69 Å². The molecule has 0 saturated heterocycles. The number of nitrogens with zero attached hydrogens (tertiary/aromatic N) is 1. The van der Waals surface area contributed by atoms with Crippen LogP contribution in [0.15, 0.2) is 23.2 Å². The molecular weight excluding hydrogens is 244 g/mol. The first-order valence-electron chi connectivity index (χ1n) is 6.61. The molecule has 1 aliphatic carbocycles. The van der Waals surface area contributed by atoms with Crippen LogP contribution in [-0.4, -0.2) is 11.4 Å². The van der Waals surface area contributed by atoms with E-state index in [9.17, 15) is 0 Å². The van der Waals surface area contributed by atoms with Crippen molar-refractivity contribution in [1.82, 2.24) is 0 Å². The number of aliphatic imine (C=N–C) groups is 1. The number of amidine groups is 1. The highest BCUT2D eigenvalue weighted by Gasteiger charge is 2.25. The molecule has 0 atom stereocenters. The molecule has 3 heteroatoms. The molecule has 1 aromatic carbocycles. The fourth-order valence-corrected chi connectivity index (χ4v) is 2.88. The first-order chi connectivity index (χ1) is 8.14. The van der Waals surface area contributed by atoms with Gasteiger partial charge in [-0.2, -0.15) is 0 Å². The van der Waals surface area contributed by atoms with Crippen LogP contribution in [-0.2, 0) is 12.8 Å². The summed E-state index contributed by atoms with van der Waals surface area (Å²) in [5, 5.41) is 3.55. The summed E-state index contributed by atoms with van der Waals surface area (Å²) in [6.45, 7) is 4.41. The van der Waals surface area contributed by atoms with Crippen LogP contribution in [0.1, 0.15) is 44.2 Å². The Morgan fingerprint density at radius 2 is 2.00 bits per heavy atom. The SMILES string of the molecule is CC1(C)CCC(Nc2cccc3c2CCC3)=N1.Cl. The lowest BCUT2D eigenvalue weighted by Crippen LogP contribution is -2.12. The lowest BCUT2D eigenvalue weighted by molar-refractivity contribution is 0.522. The van der Waals surface area contributed by atoms with Crippen molar-refractivity contribution in [3.05, 3.63) is 29.3 Å². The topological polar surface area (TPSA) is 24.4 Å². The van der Waals surface area contributed by atoms with Crippen LogP contribution in [0.5, 0.6) is 0 Å². The molecule has 3 rings (SSSR count). The zero-order chi connectivity index (χ0) is 11.9. The van der Waals surface area contributed by atoms with Crippen molar-refractivity contribution in [2.24, 2.45) is 4.99 Å². The molecule has 0 bridgehead atoms. The molecule has 1 heterocycles. The second-order valence-corrected chi connectivity index (χ2v) is 5.79. The number of hydrogen-bond donors (Lipinski definition) is 1. The van der Waals surface area contributed by atoms with E-state index in [0.717, 1.165) is 18.7 Å². The minimum absolute atomic E-state index is 0. The first-order valence-corrected chi connectivity index (χ1v) is 6.61. The number of anilines is 1. The number of rotatable bonds is 1. The standard InChI is InChI=1S/C15H20N2.ClH/c1-15(2)10-9-14(17-15)16-13-8-4-6-11-5-3-7-12(11)13;/h4,6,8H,3,5,7,9-10H2,1-2H3,(H,16,17);1H. The Labute approximate surface area is 115 Å². The van der Waals surface area contributed by atoms with Gasteiger partial charge in [0.15, 0.2) is 0 Å². The van der Waals surface area contributed by atoms with E-state index >= 15 is 0 Å². The quantitative estimate of drug-likeness (QED) is 0.815. The Kier molecular flexibility index (Phi) is 3.67. The molecule has 1 aromatic rings. The normalized spacial score (nSPS) is 20.0. The van der Waals surface area contributed by atoms with Crippen molar-refractivity contribution in [2.45, 2.75) is 51.5 Å². The van der Waals surface area contributed by atoms with Crippen LogP contribution in [0.25, 0.3) is 0 Å². The molecular formula is C15H21ClN2. The predicted octanol–water partition coefficient (Wildman–Crippen LogP) is 3.98. The second-order valence-electron chi connectivity index (χ2n) is 5.79. The zero-order valence-corrected chi connectivity index (χ0v) is 11.9. The van der Waals surface area contributed by atoms with Crippen molar-refractivity contribution in [3.8, 4) is 0 Å². The van der Waals surface area contributed by atoms with Gasteiger partial charge in [-0.1, -0.05) is 12.1 Å². The van der Waals surface area contributed by atoms with Gasteiger partial charge in [-0.05, 0) is 56.7 Å². The average molecular weight is 265 g/mol. The van der Waals surface area contributed by atoms with Gasteiger partial charge < -0.3 is 5.32 Å². The fourth-order valence-electron chi connectivity index (χ4n) is 2.88. The van der Waals surface area contributed by atoms with Crippen LogP contribution in [0, 0.1) is 0 Å². The van der Waals surface area contributed by atoms with Crippen LogP contribution in [0.2, 0.25) is 0 Å². The van der Waals surface area contributed by atoms with Gasteiger partial charge >= 0.3 is 0 Å². The number of halogens is 1. The van der Waals surface area contributed by atoms with E-state index < -0.39 is 0 Å². The third-order valence-electron chi connectivity index (χ3n) is 3.84. The lowest BCUT2D eigenvalue weighted by atomic mass is 10.0. The van der Waals surface area contributed by atoms with Gasteiger partial charge in [0.05, 0.1) is 5.54 Å². The number of fused-ring (bicyclic) bond motifs is 1. The summed E-state index contributed by atoms with van der Waals surface area (Å²) < 4.78 is 0. The van der Waals surface area contributed by atoms with Crippen LogP contribution >= 0.6 is 12.4 Å². The molecule has 0 fully saturated rings. The van der Waals surface area contributed by atoms with E-state index in [4.69, 9.17) is 4.99 Å². The van der Waals surface area contributed by atoms with Crippen molar-refractivity contribution < 1.29 is 0 Å². The summed E-state index contributed by atoms with van der Waals surface area (Å²) in [6.07, 6.45) is 5.99. The van der Waals surface area contributed by atoms with E-state index in [2.05, 4.69) is 37.4 Å².